The van der Waals surface area contributed by atoms with Crippen LogP contribution in [0.5, 0.6) is 0 Å². The highest BCUT2D eigenvalue weighted by molar-refractivity contribution is 4.94. The maximum Gasteiger partial charge on any atom is 0.0972 e. The molecule has 0 saturated carbocycles. The molecule has 0 aromatic heterocycles. The van der Waals surface area contributed by atoms with E-state index in [1.807, 2.05) is 0 Å². The molecule has 0 aromatic carbocycles. The van der Waals surface area contributed by atoms with E-state index in [1.54, 1.807) is 14.2 Å². The van der Waals surface area contributed by atoms with Crippen LogP contribution >= 0.6 is 0 Å². The van der Waals surface area contributed by atoms with Gasteiger partial charge in [-0.25, -0.2) is 0 Å². The molecular weight excluding hydrogens is 180 g/mol. The van der Waals surface area contributed by atoms with Crippen LogP contribution in [-0.4, -0.2) is 56.5 Å². The molecule has 0 aliphatic carbocycles. The van der Waals surface area contributed by atoms with Crippen molar-refractivity contribution in [3.63, 3.8) is 0 Å². The van der Waals surface area contributed by atoms with Crippen LogP contribution in [0.3, 0.4) is 0 Å². The Labute approximate surface area is 86.3 Å². The Kier molecular flexibility index (Phi) is 3.89. The smallest absolute Gasteiger partial charge is 0.0972 e. The zero-order valence-corrected chi connectivity index (χ0v) is 9.62. The van der Waals surface area contributed by atoms with Gasteiger partial charge in [-0.15, -0.1) is 0 Å². The van der Waals surface area contributed by atoms with E-state index in [2.05, 4.69) is 18.7 Å². The molecule has 1 aliphatic rings. The summed E-state index contributed by atoms with van der Waals surface area (Å²) in [7, 11) is 3.46. The molecule has 0 aromatic rings. The highest BCUT2D eigenvalue weighted by atomic mass is 16.5. The molecule has 1 saturated heterocycles. The molecule has 0 amide bonds. The first-order chi connectivity index (χ1) is 6.55. The molecule has 1 rings (SSSR count). The van der Waals surface area contributed by atoms with Crippen molar-refractivity contribution in [1.82, 2.24) is 4.90 Å². The van der Waals surface area contributed by atoms with Crippen LogP contribution in [0, 0.1) is 0 Å². The lowest BCUT2D eigenvalue weighted by molar-refractivity contribution is -0.00461. The summed E-state index contributed by atoms with van der Waals surface area (Å²) in [6, 6.07) is 0. The van der Waals surface area contributed by atoms with Gasteiger partial charge in [0.2, 0.25) is 0 Å². The number of ether oxygens (including phenoxy) is 2. The lowest BCUT2D eigenvalue weighted by Crippen LogP contribution is -2.48. The minimum Gasteiger partial charge on any atom is -0.377 e. The van der Waals surface area contributed by atoms with Crippen LogP contribution in [0.4, 0.5) is 0 Å². The molecule has 14 heavy (non-hydrogen) atoms. The third kappa shape index (κ3) is 2.25. The van der Waals surface area contributed by atoms with Crippen LogP contribution < -0.4 is 5.73 Å². The highest BCUT2D eigenvalue weighted by Gasteiger charge is 2.39. The molecule has 84 valence electrons. The number of hydrogen-bond donors (Lipinski definition) is 1. The van der Waals surface area contributed by atoms with Crippen molar-refractivity contribution in [2.45, 2.75) is 31.6 Å². The molecular formula is C10H22N2O2. The van der Waals surface area contributed by atoms with Gasteiger partial charge in [-0.1, -0.05) is 0 Å². The summed E-state index contributed by atoms with van der Waals surface area (Å²) in [4.78, 5) is 2.33. The molecule has 0 bridgehead atoms. The number of methoxy groups -OCH3 is 2. The van der Waals surface area contributed by atoms with Gasteiger partial charge in [0.05, 0.1) is 12.2 Å². The Morgan fingerprint density at radius 3 is 1.93 bits per heavy atom. The predicted molar refractivity (Wildman–Crippen MR) is 56.3 cm³/mol. The standard InChI is InChI=1S/C10H22N2O2/c1-10(2,7-11)12-5-8(13-3)9(6-12)14-4/h8-9H,5-7,11H2,1-4H3. The lowest BCUT2D eigenvalue weighted by Gasteiger charge is -2.34. The molecule has 1 fully saturated rings. The van der Waals surface area contributed by atoms with Gasteiger partial charge in [-0.3, -0.25) is 4.90 Å². The lowest BCUT2D eigenvalue weighted by atomic mass is 10.0. The second kappa shape index (κ2) is 4.57. The van der Waals surface area contributed by atoms with E-state index in [1.165, 1.54) is 0 Å². The van der Waals surface area contributed by atoms with E-state index >= 15 is 0 Å². The Bertz CT molecular complexity index is 173. The van der Waals surface area contributed by atoms with Crippen molar-refractivity contribution in [2.24, 2.45) is 5.73 Å². The molecule has 0 radical (unpaired) electrons. The predicted octanol–water partition coefficient (Wildman–Crippen LogP) is 0.0693. The number of hydrogen-bond acceptors (Lipinski definition) is 4. The fraction of sp³-hybridized carbons (Fsp3) is 1.00. The van der Waals surface area contributed by atoms with Gasteiger partial charge < -0.3 is 15.2 Å². The summed E-state index contributed by atoms with van der Waals surface area (Å²) in [6.07, 6.45) is 0.344. The fourth-order valence-electron chi connectivity index (χ4n) is 1.82. The van der Waals surface area contributed by atoms with Crippen LogP contribution in [0.25, 0.3) is 0 Å². The van der Waals surface area contributed by atoms with Gasteiger partial charge in [-0.05, 0) is 13.8 Å². The number of nitrogens with zero attached hydrogens (tertiary/aromatic N) is 1. The highest BCUT2D eigenvalue weighted by Crippen LogP contribution is 2.23. The van der Waals surface area contributed by atoms with E-state index < -0.39 is 0 Å². The zero-order valence-electron chi connectivity index (χ0n) is 9.62. The monoisotopic (exact) mass is 202 g/mol. The summed E-state index contributed by atoms with van der Waals surface area (Å²) in [6.45, 7) is 6.76. The first-order valence-electron chi connectivity index (χ1n) is 5.06. The van der Waals surface area contributed by atoms with Crippen LogP contribution in [0.15, 0.2) is 0 Å². The summed E-state index contributed by atoms with van der Waals surface area (Å²) in [5.74, 6) is 0. The van der Waals surface area contributed by atoms with Gasteiger partial charge in [0.25, 0.3) is 0 Å². The largest absolute Gasteiger partial charge is 0.377 e. The van der Waals surface area contributed by atoms with Gasteiger partial charge in [0, 0.05) is 39.4 Å². The van der Waals surface area contributed by atoms with E-state index in [4.69, 9.17) is 15.2 Å². The zero-order chi connectivity index (χ0) is 10.8. The maximum atomic E-state index is 5.74. The molecule has 2 atom stereocenters. The summed E-state index contributed by atoms with van der Waals surface area (Å²) >= 11 is 0. The van der Waals surface area contributed by atoms with E-state index in [0.29, 0.717) is 6.54 Å². The summed E-state index contributed by atoms with van der Waals surface area (Å²) in [5.41, 5.74) is 5.77. The Balaban J connectivity index is 2.61. The van der Waals surface area contributed by atoms with Gasteiger partial charge in [0.15, 0.2) is 0 Å². The normalized spacial score (nSPS) is 29.8. The average molecular weight is 202 g/mol. The molecule has 1 heterocycles. The first kappa shape index (κ1) is 11.9. The maximum absolute atomic E-state index is 5.74. The third-order valence-corrected chi connectivity index (χ3v) is 3.18. The minimum atomic E-state index is 0.0318. The molecule has 2 unspecified atom stereocenters. The Hall–Kier alpha value is -0.160. The number of likely N-dealkylation sites (tertiary alicyclic amines) is 1. The van der Waals surface area contributed by atoms with E-state index in [0.717, 1.165) is 13.1 Å². The van der Waals surface area contributed by atoms with Crippen LogP contribution in [-0.2, 0) is 9.47 Å². The van der Waals surface area contributed by atoms with E-state index in [-0.39, 0.29) is 17.7 Å². The number of rotatable bonds is 4. The SMILES string of the molecule is COC1CN(C(C)(C)CN)CC1OC. The Morgan fingerprint density at radius 2 is 1.64 bits per heavy atom. The topological polar surface area (TPSA) is 47.7 Å². The number of nitrogens with two attached hydrogens (primary N) is 1. The van der Waals surface area contributed by atoms with Gasteiger partial charge in [0.1, 0.15) is 0 Å². The molecule has 4 nitrogen and oxygen atoms in total. The van der Waals surface area contributed by atoms with Crippen molar-refractivity contribution in [3.05, 3.63) is 0 Å². The quantitative estimate of drug-likeness (QED) is 0.701. The van der Waals surface area contributed by atoms with Crippen molar-refractivity contribution in [3.8, 4) is 0 Å². The van der Waals surface area contributed by atoms with Crippen LogP contribution in [0.1, 0.15) is 13.8 Å². The Morgan fingerprint density at radius 1 is 1.21 bits per heavy atom. The second-order valence-corrected chi connectivity index (χ2v) is 4.47. The third-order valence-electron chi connectivity index (χ3n) is 3.18. The van der Waals surface area contributed by atoms with Gasteiger partial charge >= 0.3 is 0 Å². The van der Waals surface area contributed by atoms with Crippen molar-refractivity contribution in [2.75, 3.05) is 33.9 Å². The fourth-order valence-corrected chi connectivity index (χ4v) is 1.82. The van der Waals surface area contributed by atoms with Crippen molar-refractivity contribution >= 4 is 0 Å². The van der Waals surface area contributed by atoms with E-state index in [9.17, 15) is 0 Å². The van der Waals surface area contributed by atoms with Gasteiger partial charge in [-0.2, -0.15) is 0 Å². The summed E-state index contributed by atoms with van der Waals surface area (Å²) < 4.78 is 10.8. The molecule has 4 heteroatoms. The average Bonchev–Trinajstić information content (AvgIpc) is 2.61. The second-order valence-electron chi connectivity index (χ2n) is 4.47. The van der Waals surface area contributed by atoms with Crippen molar-refractivity contribution in [1.29, 1.82) is 0 Å². The minimum absolute atomic E-state index is 0.0318. The van der Waals surface area contributed by atoms with Crippen molar-refractivity contribution < 1.29 is 9.47 Å². The molecule has 0 spiro atoms. The van der Waals surface area contributed by atoms with Crippen LogP contribution in [0.2, 0.25) is 0 Å². The molecule has 2 N–H and O–H groups in total. The first-order valence-corrected chi connectivity index (χ1v) is 5.06. The summed E-state index contributed by atoms with van der Waals surface area (Å²) in [5, 5.41) is 0. The molecule has 1 aliphatic heterocycles.